The second kappa shape index (κ2) is 6.30. The van der Waals surface area contributed by atoms with Crippen LogP contribution in [0.15, 0.2) is 12.2 Å². The summed E-state index contributed by atoms with van der Waals surface area (Å²) < 4.78 is 10.2. The Kier molecular flexibility index (Phi) is 5.02. The summed E-state index contributed by atoms with van der Waals surface area (Å²) in [6, 6.07) is 0. The fourth-order valence-corrected chi connectivity index (χ4v) is 1.75. The van der Waals surface area contributed by atoms with Crippen LogP contribution in [-0.2, 0) is 19.1 Å². The molecule has 0 amide bonds. The zero-order chi connectivity index (χ0) is 12.0. The first kappa shape index (κ1) is 12.7. The maximum atomic E-state index is 10.8. The third-order valence-electron chi connectivity index (χ3n) is 2.40. The van der Waals surface area contributed by atoms with E-state index < -0.39 is 0 Å². The van der Waals surface area contributed by atoms with Gasteiger partial charge < -0.3 is 9.47 Å². The molecule has 0 N–H and O–H groups in total. The number of hydrogen-bond donors (Lipinski definition) is 0. The van der Waals surface area contributed by atoms with Crippen molar-refractivity contribution >= 4 is 11.9 Å². The lowest BCUT2D eigenvalue weighted by atomic mass is 10.0. The van der Waals surface area contributed by atoms with Crippen LogP contribution < -0.4 is 0 Å². The maximum Gasteiger partial charge on any atom is 0.303 e. The van der Waals surface area contributed by atoms with Crippen LogP contribution in [0.4, 0.5) is 0 Å². The summed E-state index contributed by atoms with van der Waals surface area (Å²) in [7, 11) is 0. The van der Waals surface area contributed by atoms with Crippen molar-refractivity contribution in [3.63, 3.8) is 0 Å². The smallest absolute Gasteiger partial charge is 0.303 e. The van der Waals surface area contributed by atoms with Crippen molar-refractivity contribution in [1.29, 1.82) is 0 Å². The predicted molar refractivity (Wildman–Crippen MR) is 58.7 cm³/mol. The summed E-state index contributed by atoms with van der Waals surface area (Å²) in [4.78, 5) is 21.7. The van der Waals surface area contributed by atoms with Crippen LogP contribution in [0.2, 0.25) is 0 Å². The highest BCUT2D eigenvalue weighted by Crippen LogP contribution is 2.16. The average molecular weight is 226 g/mol. The van der Waals surface area contributed by atoms with Crippen LogP contribution in [-0.4, -0.2) is 24.1 Å². The van der Waals surface area contributed by atoms with Crippen LogP contribution in [0.5, 0.6) is 0 Å². The molecule has 2 atom stereocenters. The summed E-state index contributed by atoms with van der Waals surface area (Å²) in [5.41, 5.74) is 0. The normalized spacial score (nSPS) is 25.4. The van der Waals surface area contributed by atoms with Crippen molar-refractivity contribution in [3.8, 4) is 0 Å². The van der Waals surface area contributed by atoms with Gasteiger partial charge in [0.15, 0.2) is 0 Å². The quantitative estimate of drug-likeness (QED) is 0.533. The standard InChI is InChI=1S/C12H18O4/c1-9(13)15-11-5-3-4-6-12(8-7-11)16-10(2)14/h7-8,11-12H,3-6H2,1-2H3. The molecule has 0 saturated heterocycles. The van der Waals surface area contributed by atoms with E-state index in [1.807, 2.05) is 12.2 Å². The molecular weight excluding hydrogens is 208 g/mol. The molecule has 1 aliphatic rings. The zero-order valence-electron chi connectivity index (χ0n) is 9.77. The number of esters is 2. The molecule has 90 valence electrons. The molecule has 1 rings (SSSR count). The molecule has 0 radical (unpaired) electrons. The molecule has 0 saturated carbocycles. The van der Waals surface area contributed by atoms with Gasteiger partial charge in [0.05, 0.1) is 0 Å². The van der Waals surface area contributed by atoms with Crippen LogP contribution in [0.1, 0.15) is 39.5 Å². The molecule has 0 aromatic heterocycles. The van der Waals surface area contributed by atoms with Crippen LogP contribution >= 0.6 is 0 Å². The van der Waals surface area contributed by atoms with Gasteiger partial charge in [0.25, 0.3) is 0 Å². The van der Waals surface area contributed by atoms with Gasteiger partial charge in [-0.05, 0) is 37.8 Å². The SMILES string of the molecule is CC(=O)OC1C=CC(OC(C)=O)CCCC1. The Morgan fingerprint density at radius 3 is 1.62 bits per heavy atom. The number of carbonyl (C=O) groups excluding carboxylic acids is 2. The Labute approximate surface area is 95.6 Å². The lowest BCUT2D eigenvalue weighted by Crippen LogP contribution is -2.19. The lowest BCUT2D eigenvalue weighted by Gasteiger charge is -2.19. The first-order valence-corrected chi connectivity index (χ1v) is 5.60. The Hall–Kier alpha value is -1.32. The monoisotopic (exact) mass is 226 g/mol. The Bertz CT molecular complexity index is 255. The van der Waals surface area contributed by atoms with Gasteiger partial charge in [-0.1, -0.05) is 0 Å². The molecule has 2 unspecified atom stereocenters. The van der Waals surface area contributed by atoms with Gasteiger partial charge >= 0.3 is 11.9 Å². The minimum atomic E-state index is -0.278. The highest BCUT2D eigenvalue weighted by Gasteiger charge is 2.15. The molecule has 4 heteroatoms. The van der Waals surface area contributed by atoms with Crippen molar-refractivity contribution in [2.45, 2.75) is 51.7 Å². The Balaban J connectivity index is 2.54. The third-order valence-corrected chi connectivity index (χ3v) is 2.40. The molecule has 0 aromatic carbocycles. The molecule has 1 aliphatic carbocycles. The van der Waals surface area contributed by atoms with Crippen molar-refractivity contribution in [1.82, 2.24) is 0 Å². The van der Waals surface area contributed by atoms with E-state index in [0.29, 0.717) is 0 Å². The van der Waals surface area contributed by atoms with Gasteiger partial charge in [0, 0.05) is 13.8 Å². The molecule has 0 aromatic rings. The highest BCUT2D eigenvalue weighted by atomic mass is 16.5. The lowest BCUT2D eigenvalue weighted by molar-refractivity contribution is -0.146. The fourth-order valence-electron chi connectivity index (χ4n) is 1.75. The average Bonchev–Trinajstić information content (AvgIpc) is 2.14. The van der Waals surface area contributed by atoms with Crippen molar-refractivity contribution < 1.29 is 19.1 Å². The van der Waals surface area contributed by atoms with E-state index in [0.717, 1.165) is 25.7 Å². The minimum Gasteiger partial charge on any atom is -0.458 e. The van der Waals surface area contributed by atoms with Gasteiger partial charge in [-0.15, -0.1) is 0 Å². The number of rotatable bonds is 2. The zero-order valence-corrected chi connectivity index (χ0v) is 9.77. The molecule has 0 aliphatic heterocycles. The van der Waals surface area contributed by atoms with E-state index >= 15 is 0 Å². The highest BCUT2D eigenvalue weighted by molar-refractivity contribution is 5.66. The largest absolute Gasteiger partial charge is 0.458 e. The van der Waals surface area contributed by atoms with Gasteiger partial charge in [-0.3, -0.25) is 9.59 Å². The fraction of sp³-hybridized carbons (Fsp3) is 0.667. The van der Waals surface area contributed by atoms with Gasteiger partial charge in [-0.25, -0.2) is 0 Å². The van der Waals surface area contributed by atoms with Gasteiger partial charge in [0.2, 0.25) is 0 Å². The topological polar surface area (TPSA) is 52.6 Å². The second-order valence-corrected chi connectivity index (χ2v) is 3.97. The molecule has 16 heavy (non-hydrogen) atoms. The summed E-state index contributed by atoms with van der Waals surface area (Å²) in [5, 5.41) is 0. The number of hydrogen-bond acceptors (Lipinski definition) is 4. The van der Waals surface area contributed by atoms with Crippen molar-refractivity contribution in [3.05, 3.63) is 12.2 Å². The van der Waals surface area contributed by atoms with E-state index in [1.165, 1.54) is 13.8 Å². The molecular formula is C12H18O4. The summed E-state index contributed by atoms with van der Waals surface area (Å²) in [5.74, 6) is -0.557. The summed E-state index contributed by atoms with van der Waals surface area (Å²) >= 11 is 0. The molecule has 0 bridgehead atoms. The van der Waals surface area contributed by atoms with Crippen LogP contribution in [0.3, 0.4) is 0 Å². The van der Waals surface area contributed by atoms with E-state index in [2.05, 4.69) is 0 Å². The first-order valence-electron chi connectivity index (χ1n) is 5.60. The third kappa shape index (κ3) is 4.96. The molecule has 0 fully saturated rings. The first-order chi connectivity index (χ1) is 7.58. The molecule has 4 nitrogen and oxygen atoms in total. The molecule has 0 spiro atoms. The molecule has 0 heterocycles. The number of ether oxygens (including phenoxy) is 2. The minimum absolute atomic E-state index is 0.184. The second-order valence-electron chi connectivity index (χ2n) is 3.97. The maximum absolute atomic E-state index is 10.8. The predicted octanol–water partition coefficient (Wildman–Crippen LogP) is 1.98. The van der Waals surface area contributed by atoms with Crippen molar-refractivity contribution in [2.24, 2.45) is 0 Å². The van der Waals surface area contributed by atoms with Crippen LogP contribution in [0, 0.1) is 0 Å². The number of carbonyl (C=O) groups is 2. The van der Waals surface area contributed by atoms with E-state index in [1.54, 1.807) is 0 Å². The Morgan fingerprint density at radius 1 is 0.938 bits per heavy atom. The van der Waals surface area contributed by atoms with E-state index in [9.17, 15) is 9.59 Å². The summed E-state index contributed by atoms with van der Waals surface area (Å²) in [6.07, 6.45) is 6.88. The van der Waals surface area contributed by atoms with E-state index in [-0.39, 0.29) is 24.1 Å². The Morgan fingerprint density at radius 2 is 1.31 bits per heavy atom. The van der Waals surface area contributed by atoms with Gasteiger partial charge in [0.1, 0.15) is 12.2 Å². The van der Waals surface area contributed by atoms with Gasteiger partial charge in [-0.2, -0.15) is 0 Å². The van der Waals surface area contributed by atoms with E-state index in [4.69, 9.17) is 9.47 Å². The van der Waals surface area contributed by atoms with Crippen LogP contribution in [0.25, 0.3) is 0 Å². The van der Waals surface area contributed by atoms with Crippen molar-refractivity contribution in [2.75, 3.05) is 0 Å². The summed E-state index contributed by atoms with van der Waals surface area (Å²) in [6.45, 7) is 2.80.